The largest absolute Gasteiger partial charge is 0.444 e. The second kappa shape index (κ2) is 6.52. The maximum Gasteiger partial charge on any atom is 0.408 e. The highest BCUT2D eigenvalue weighted by Crippen LogP contribution is 2.18. The van der Waals surface area contributed by atoms with Gasteiger partial charge in [-0.05, 0) is 33.3 Å². The summed E-state index contributed by atoms with van der Waals surface area (Å²) in [4.78, 5) is 23.2. The summed E-state index contributed by atoms with van der Waals surface area (Å²) in [6.07, 6.45) is -1.99. The van der Waals surface area contributed by atoms with E-state index < -0.39 is 29.6 Å². The van der Waals surface area contributed by atoms with Crippen LogP contribution < -0.4 is 5.32 Å². The molecular weight excluding hydrogens is 258 g/mol. The Morgan fingerprint density at radius 2 is 1.75 bits per heavy atom. The Kier molecular flexibility index (Phi) is 5.27. The van der Waals surface area contributed by atoms with Crippen LogP contribution >= 0.6 is 0 Å². The molecule has 0 radical (unpaired) electrons. The first-order valence-corrected chi connectivity index (χ1v) is 6.43. The van der Waals surface area contributed by atoms with Gasteiger partial charge < -0.3 is 15.2 Å². The summed E-state index contributed by atoms with van der Waals surface area (Å²) in [6, 6.07) is 7.98. The van der Waals surface area contributed by atoms with Crippen LogP contribution in [0.3, 0.4) is 0 Å². The van der Waals surface area contributed by atoms with Crippen LogP contribution in [-0.4, -0.2) is 28.7 Å². The molecule has 1 aromatic carbocycles. The van der Waals surface area contributed by atoms with Crippen LogP contribution in [0.2, 0.25) is 0 Å². The average Bonchev–Trinajstić information content (AvgIpc) is 2.34. The number of alkyl carbamates (subject to hydrolysis) is 1. The lowest BCUT2D eigenvalue weighted by molar-refractivity contribution is -0.126. The molecule has 5 heteroatoms. The van der Waals surface area contributed by atoms with Crippen molar-refractivity contribution < 1.29 is 19.4 Å². The van der Waals surface area contributed by atoms with E-state index in [0.717, 1.165) is 0 Å². The average molecular weight is 279 g/mol. The van der Waals surface area contributed by atoms with Gasteiger partial charge in [0.2, 0.25) is 0 Å². The molecule has 1 unspecified atom stereocenters. The predicted octanol–water partition coefficient (Wildman–Crippen LogP) is 2.20. The van der Waals surface area contributed by atoms with Crippen LogP contribution in [0.1, 0.15) is 39.3 Å². The van der Waals surface area contributed by atoms with Crippen LogP contribution in [0.5, 0.6) is 0 Å². The molecule has 5 nitrogen and oxygen atoms in total. The van der Waals surface area contributed by atoms with E-state index in [4.69, 9.17) is 4.74 Å². The molecule has 1 aromatic rings. The first-order chi connectivity index (χ1) is 9.20. The summed E-state index contributed by atoms with van der Waals surface area (Å²) in [6.45, 7) is 6.50. The van der Waals surface area contributed by atoms with Gasteiger partial charge in [0.05, 0.1) is 6.04 Å². The minimum Gasteiger partial charge on any atom is -0.444 e. The summed E-state index contributed by atoms with van der Waals surface area (Å²) in [7, 11) is 0. The summed E-state index contributed by atoms with van der Waals surface area (Å²) < 4.78 is 5.15. The maximum atomic E-state index is 11.8. The molecule has 0 saturated carbocycles. The Hall–Kier alpha value is -1.88. The number of ether oxygens (including phenoxy) is 1. The highest BCUT2D eigenvalue weighted by atomic mass is 16.6. The molecule has 0 saturated heterocycles. The summed E-state index contributed by atoms with van der Waals surface area (Å²) >= 11 is 0. The van der Waals surface area contributed by atoms with Gasteiger partial charge in [0.15, 0.2) is 5.78 Å². The molecule has 0 fully saturated rings. The van der Waals surface area contributed by atoms with Gasteiger partial charge in [-0.25, -0.2) is 4.79 Å². The zero-order chi connectivity index (χ0) is 15.3. The number of aliphatic hydroxyl groups is 1. The molecular formula is C15H21NO4. The van der Waals surface area contributed by atoms with Gasteiger partial charge in [0, 0.05) is 0 Å². The van der Waals surface area contributed by atoms with E-state index in [1.54, 1.807) is 45.0 Å². The molecule has 1 amide bonds. The number of amides is 1. The van der Waals surface area contributed by atoms with Crippen molar-refractivity contribution in [2.24, 2.45) is 0 Å². The molecule has 2 atom stereocenters. The number of ketones is 1. The second-order valence-electron chi connectivity index (χ2n) is 5.59. The molecule has 1 rings (SSSR count). The third kappa shape index (κ3) is 5.01. The van der Waals surface area contributed by atoms with Gasteiger partial charge >= 0.3 is 6.09 Å². The fourth-order valence-electron chi connectivity index (χ4n) is 1.67. The van der Waals surface area contributed by atoms with Gasteiger partial charge in [0.1, 0.15) is 11.7 Å². The molecule has 20 heavy (non-hydrogen) atoms. The minimum absolute atomic E-state index is 0.421. The Bertz CT molecular complexity index is 465. The quantitative estimate of drug-likeness (QED) is 0.886. The zero-order valence-corrected chi connectivity index (χ0v) is 12.2. The number of nitrogens with one attached hydrogen (secondary N) is 1. The maximum absolute atomic E-state index is 11.8. The number of carbonyl (C=O) groups is 2. The minimum atomic E-state index is -1.31. The molecule has 0 heterocycles. The van der Waals surface area contributed by atoms with Crippen LogP contribution in [0.15, 0.2) is 30.3 Å². The van der Waals surface area contributed by atoms with Crippen LogP contribution in [0, 0.1) is 0 Å². The number of aliphatic hydroxyl groups excluding tert-OH is 1. The molecule has 0 aliphatic heterocycles. The Labute approximate surface area is 118 Å². The highest BCUT2D eigenvalue weighted by molar-refractivity contribution is 5.82. The van der Waals surface area contributed by atoms with Gasteiger partial charge in [0.25, 0.3) is 0 Å². The Morgan fingerprint density at radius 3 is 2.20 bits per heavy atom. The van der Waals surface area contributed by atoms with E-state index in [1.807, 2.05) is 6.07 Å². The van der Waals surface area contributed by atoms with E-state index in [9.17, 15) is 14.7 Å². The van der Waals surface area contributed by atoms with Crippen molar-refractivity contribution in [2.45, 2.75) is 45.4 Å². The van der Waals surface area contributed by atoms with Gasteiger partial charge in [-0.3, -0.25) is 4.79 Å². The van der Waals surface area contributed by atoms with Crippen LogP contribution in [0.25, 0.3) is 0 Å². The molecule has 0 aliphatic rings. The Morgan fingerprint density at radius 1 is 1.20 bits per heavy atom. The number of carbonyl (C=O) groups excluding carboxylic acids is 2. The fourth-order valence-corrected chi connectivity index (χ4v) is 1.67. The van der Waals surface area contributed by atoms with Gasteiger partial charge in [-0.2, -0.15) is 0 Å². The van der Waals surface area contributed by atoms with Crippen LogP contribution in [-0.2, 0) is 9.53 Å². The smallest absolute Gasteiger partial charge is 0.408 e. The fraction of sp³-hybridized carbons (Fsp3) is 0.467. The van der Waals surface area contributed by atoms with E-state index in [1.165, 1.54) is 6.92 Å². The molecule has 0 bridgehead atoms. The lowest BCUT2D eigenvalue weighted by Gasteiger charge is -2.26. The first-order valence-electron chi connectivity index (χ1n) is 6.43. The number of hydrogen-bond acceptors (Lipinski definition) is 4. The van der Waals surface area contributed by atoms with Gasteiger partial charge in [-0.1, -0.05) is 30.3 Å². The third-order valence-corrected chi connectivity index (χ3v) is 2.56. The van der Waals surface area contributed by atoms with E-state index in [0.29, 0.717) is 5.56 Å². The predicted molar refractivity (Wildman–Crippen MR) is 75.2 cm³/mol. The molecule has 0 spiro atoms. The van der Waals surface area contributed by atoms with Crippen molar-refractivity contribution in [3.8, 4) is 0 Å². The standard InChI is InChI=1S/C15H21NO4/c1-10(17)13(18)12(11-8-6-5-7-9-11)16-14(19)20-15(2,3)4/h5-9,12-13,18H,1-4H3,(H,16,19)/t12?,13-/m1/s1. The number of Topliss-reactive ketones (excluding diaryl/α,β-unsaturated/α-hetero) is 1. The normalized spacial score (nSPS) is 14.2. The van der Waals surface area contributed by atoms with Crippen LogP contribution in [0.4, 0.5) is 4.79 Å². The van der Waals surface area contributed by atoms with Crippen molar-refractivity contribution in [2.75, 3.05) is 0 Å². The molecule has 2 N–H and O–H groups in total. The molecule has 0 aliphatic carbocycles. The topological polar surface area (TPSA) is 75.6 Å². The highest BCUT2D eigenvalue weighted by Gasteiger charge is 2.28. The van der Waals surface area contributed by atoms with Crippen molar-refractivity contribution in [3.63, 3.8) is 0 Å². The van der Waals surface area contributed by atoms with E-state index >= 15 is 0 Å². The third-order valence-electron chi connectivity index (χ3n) is 2.56. The number of benzene rings is 1. The summed E-state index contributed by atoms with van der Waals surface area (Å²) in [5, 5.41) is 12.5. The summed E-state index contributed by atoms with van der Waals surface area (Å²) in [5.41, 5.74) is -0.00646. The monoisotopic (exact) mass is 279 g/mol. The van der Waals surface area contributed by atoms with Crippen molar-refractivity contribution in [1.29, 1.82) is 0 Å². The first kappa shape index (κ1) is 16.2. The lowest BCUT2D eigenvalue weighted by atomic mass is 9.99. The van der Waals surface area contributed by atoms with Crippen molar-refractivity contribution >= 4 is 11.9 Å². The summed E-state index contributed by atoms with van der Waals surface area (Å²) in [5.74, 6) is -0.421. The SMILES string of the molecule is CC(=O)[C@@H](O)C(NC(=O)OC(C)(C)C)c1ccccc1. The van der Waals surface area contributed by atoms with Crippen molar-refractivity contribution in [1.82, 2.24) is 5.32 Å². The zero-order valence-electron chi connectivity index (χ0n) is 12.2. The lowest BCUT2D eigenvalue weighted by Crippen LogP contribution is -2.42. The Balaban J connectivity index is 2.90. The number of rotatable bonds is 4. The van der Waals surface area contributed by atoms with Crippen molar-refractivity contribution in [3.05, 3.63) is 35.9 Å². The molecule has 0 aromatic heterocycles. The van der Waals surface area contributed by atoms with E-state index in [2.05, 4.69) is 5.32 Å². The second-order valence-corrected chi connectivity index (χ2v) is 5.59. The van der Waals surface area contributed by atoms with E-state index in [-0.39, 0.29) is 0 Å². The van der Waals surface area contributed by atoms with Gasteiger partial charge in [-0.15, -0.1) is 0 Å². The number of hydrogen-bond donors (Lipinski definition) is 2. The molecule has 110 valence electrons.